The lowest BCUT2D eigenvalue weighted by Crippen LogP contribution is -2.28. The predicted octanol–water partition coefficient (Wildman–Crippen LogP) is 1.57. The number of nitrogens with zero attached hydrogens (tertiary/aromatic N) is 1. The summed E-state index contributed by atoms with van der Waals surface area (Å²) in [6.07, 6.45) is 6.80. The smallest absolute Gasteiger partial charge is 0.222 e. The Morgan fingerprint density at radius 3 is 2.88 bits per heavy atom. The van der Waals surface area contributed by atoms with Gasteiger partial charge in [0.15, 0.2) is 0 Å². The van der Waals surface area contributed by atoms with Crippen LogP contribution in [0.25, 0.3) is 0 Å². The molecule has 1 rings (SSSR count). The summed E-state index contributed by atoms with van der Waals surface area (Å²) in [6, 6.07) is 0. The minimum Gasteiger partial charge on any atom is -0.396 e. The van der Waals surface area contributed by atoms with Crippen molar-refractivity contribution in [3.05, 3.63) is 0 Å². The van der Waals surface area contributed by atoms with E-state index in [9.17, 15) is 4.79 Å². The van der Waals surface area contributed by atoms with Gasteiger partial charge >= 0.3 is 0 Å². The molecule has 1 saturated heterocycles. The lowest BCUT2D eigenvalue weighted by atomic mass is 10.1. The number of carbonyl (C=O) groups excluding carboxylic acids is 1. The van der Waals surface area contributed by atoms with Crippen LogP contribution in [0.3, 0.4) is 0 Å². The van der Waals surface area contributed by atoms with Gasteiger partial charge in [-0.3, -0.25) is 4.79 Å². The first-order valence-corrected chi connectivity index (χ1v) is 6.70. The average molecular weight is 243 g/mol. The molecule has 0 saturated carbocycles. The van der Waals surface area contributed by atoms with E-state index in [0.29, 0.717) is 12.5 Å². The number of carbonyl (C=O) groups is 1. The van der Waals surface area contributed by atoms with Crippen molar-refractivity contribution in [3.63, 3.8) is 0 Å². The van der Waals surface area contributed by atoms with Gasteiger partial charge in [-0.1, -0.05) is 0 Å². The van der Waals surface area contributed by atoms with Crippen molar-refractivity contribution in [3.8, 4) is 0 Å². The standard InChI is InChI=1S/C13H25NO3/c1-14(9-3-2-4-10-15)13(16)8-7-12-6-5-11-17-12/h12,15H,2-11H2,1H3. The molecule has 0 aliphatic carbocycles. The van der Waals surface area contributed by atoms with Crippen LogP contribution in [0.5, 0.6) is 0 Å². The van der Waals surface area contributed by atoms with Gasteiger partial charge in [-0.2, -0.15) is 0 Å². The molecule has 4 nitrogen and oxygen atoms in total. The number of ether oxygens (including phenoxy) is 1. The van der Waals surface area contributed by atoms with Crippen LogP contribution in [0.1, 0.15) is 44.9 Å². The molecule has 1 aliphatic rings. The highest BCUT2D eigenvalue weighted by molar-refractivity contribution is 5.75. The Labute approximate surface area is 104 Å². The number of amides is 1. The van der Waals surface area contributed by atoms with Crippen LogP contribution in [0.2, 0.25) is 0 Å². The van der Waals surface area contributed by atoms with Crippen molar-refractivity contribution < 1.29 is 14.6 Å². The van der Waals surface area contributed by atoms with Crippen LogP contribution < -0.4 is 0 Å². The van der Waals surface area contributed by atoms with Crippen molar-refractivity contribution in [1.82, 2.24) is 4.90 Å². The lowest BCUT2D eigenvalue weighted by Gasteiger charge is -2.18. The number of hydrogen-bond acceptors (Lipinski definition) is 3. The second-order valence-electron chi connectivity index (χ2n) is 4.77. The molecule has 0 aromatic heterocycles. The first kappa shape index (κ1) is 14.5. The van der Waals surface area contributed by atoms with Gasteiger partial charge in [0.05, 0.1) is 6.10 Å². The molecule has 1 amide bonds. The second kappa shape index (κ2) is 8.48. The molecule has 1 aliphatic heterocycles. The van der Waals surface area contributed by atoms with Crippen molar-refractivity contribution in [2.75, 3.05) is 26.8 Å². The van der Waals surface area contributed by atoms with Crippen LogP contribution in [0.15, 0.2) is 0 Å². The van der Waals surface area contributed by atoms with Crippen LogP contribution in [0, 0.1) is 0 Å². The fraction of sp³-hybridized carbons (Fsp3) is 0.923. The maximum Gasteiger partial charge on any atom is 0.222 e. The summed E-state index contributed by atoms with van der Waals surface area (Å²) in [4.78, 5) is 13.6. The Hall–Kier alpha value is -0.610. The van der Waals surface area contributed by atoms with Crippen LogP contribution >= 0.6 is 0 Å². The van der Waals surface area contributed by atoms with Gasteiger partial charge in [0, 0.05) is 33.2 Å². The average Bonchev–Trinajstić information content (AvgIpc) is 2.84. The summed E-state index contributed by atoms with van der Waals surface area (Å²) in [5.74, 6) is 0.212. The summed E-state index contributed by atoms with van der Waals surface area (Å²) < 4.78 is 5.50. The van der Waals surface area contributed by atoms with Gasteiger partial charge in [-0.05, 0) is 38.5 Å². The van der Waals surface area contributed by atoms with Gasteiger partial charge in [-0.25, -0.2) is 0 Å². The van der Waals surface area contributed by atoms with E-state index >= 15 is 0 Å². The third kappa shape index (κ3) is 6.03. The Balaban J connectivity index is 2.04. The Kier molecular flexibility index (Phi) is 7.21. The molecule has 0 bridgehead atoms. The molecule has 0 aromatic rings. The zero-order chi connectivity index (χ0) is 12.5. The highest BCUT2D eigenvalue weighted by Crippen LogP contribution is 2.17. The molecule has 1 unspecified atom stereocenters. The maximum atomic E-state index is 11.8. The number of unbranched alkanes of at least 4 members (excludes halogenated alkanes) is 2. The van der Waals surface area contributed by atoms with E-state index in [2.05, 4.69) is 0 Å². The highest BCUT2D eigenvalue weighted by atomic mass is 16.5. The molecule has 1 fully saturated rings. The molecule has 0 spiro atoms. The third-order valence-corrected chi connectivity index (χ3v) is 3.28. The fourth-order valence-electron chi connectivity index (χ4n) is 2.11. The third-order valence-electron chi connectivity index (χ3n) is 3.28. The normalized spacial score (nSPS) is 19.5. The van der Waals surface area contributed by atoms with E-state index < -0.39 is 0 Å². The minimum atomic E-state index is 0.212. The lowest BCUT2D eigenvalue weighted by molar-refractivity contribution is -0.130. The van der Waals surface area contributed by atoms with E-state index in [4.69, 9.17) is 9.84 Å². The summed E-state index contributed by atoms with van der Waals surface area (Å²) >= 11 is 0. The van der Waals surface area contributed by atoms with Gasteiger partial charge in [0.1, 0.15) is 0 Å². The Bertz CT molecular complexity index is 215. The fourth-order valence-corrected chi connectivity index (χ4v) is 2.11. The monoisotopic (exact) mass is 243 g/mol. The molecule has 17 heavy (non-hydrogen) atoms. The van der Waals surface area contributed by atoms with E-state index in [-0.39, 0.29) is 12.5 Å². The van der Waals surface area contributed by atoms with Crippen LogP contribution in [-0.2, 0) is 9.53 Å². The zero-order valence-corrected chi connectivity index (χ0v) is 10.9. The number of rotatable bonds is 8. The van der Waals surface area contributed by atoms with E-state index in [0.717, 1.165) is 51.7 Å². The summed E-state index contributed by atoms with van der Waals surface area (Å²) in [7, 11) is 1.86. The van der Waals surface area contributed by atoms with Crippen LogP contribution in [-0.4, -0.2) is 48.8 Å². The predicted molar refractivity (Wildman–Crippen MR) is 66.8 cm³/mol. The Morgan fingerprint density at radius 1 is 1.41 bits per heavy atom. The number of aliphatic hydroxyl groups is 1. The molecule has 0 aromatic carbocycles. The Morgan fingerprint density at radius 2 is 2.24 bits per heavy atom. The molecule has 0 radical (unpaired) electrons. The maximum absolute atomic E-state index is 11.8. The van der Waals surface area contributed by atoms with E-state index in [1.807, 2.05) is 7.05 Å². The summed E-state index contributed by atoms with van der Waals surface area (Å²) in [5.41, 5.74) is 0. The minimum absolute atomic E-state index is 0.212. The summed E-state index contributed by atoms with van der Waals surface area (Å²) in [6.45, 7) is 1.90. The largest absolute Gasteiger partial charge is 0.396 e. The molecule has 100 valence electrons. The summed E-state index contributed by atoms with van der Waals surface area (Å²) in [5, 5.41) is 8.65. The van der Waals surface area contributed by atoms with Crippen LogP contribution in [0.4, 0.5) is 0 Å². The van der Waals surface area contributed by atoms with Gasteiger partial charge < -0.3 is 14.7 Å². The molecule has 1 N–H and O–H groups in total. The molecular weight excluding hydrogens is 218 g/mol. The van der Waals surface area contributed by atoms with Gasteiger partial charge in [0.25, 0.3) is 0 Å². The van der Waals surface area contributed by atoms with Gasteiger partial charge in [0.2, 0.25) is 5.91 Å². The second-order valence-corrected chi connectivity index (χ2v) is 4.77. The van der Waals surface area contributed by atoms with Crippen molar-refractivity contribution in [2.45, 2.75) is 51.0 Å². The number of aliphatic hydroxyl groups excluding tert-OH is 1. The molecule has 1 heterocycles. The zero-order valence-electron chi connectivity index (χ0n) is 10.9. The van der Waals surface area contributed by atoms with Crippen molar-refractivity contribution in [2.24, 2.45) is 0 Å². The molecule has 1 atom stereocenters. The van der Waals surface area contributed by atoms with E-state index in [1.165, 1.54) is 0 Å². The SMILES string of the molecule is CN(CCCCCO)C(=O)CCC1CCCO1. The molecular formula is C13H25NO3. The van der Waals surface area contributed by atoms with Gasteiger partial charge in [-0.15, -0.1) is 0 Å². The van der Waals surface area contributed by atoms with E-state index in [1.54, 1.807) is 4.90 Å². The van der Waals surface area contributed by atoms with Crippen molar-refractivity contribution >= 4 is 5.91 Å². The molecule has 4 heteroatoms. The first-order chi connectivity index (χ1) is 8.24. The quantitative estimate of drug-likeness (QED) is 0.658. The topological polar surface area (TPSA) is 49.8 Å². The highest BCUT2D eigenvalue weighted by Gasteiger charge is 2.17. The number of hydrogen-bond donors (Lipinski definition) is 1. The van der Waals surface area contributed by atoms with Crippen molar-refractivity contribution in [1.29, 1.82) is 0 Å². The first-order valence-electron chi connectivity index (χ1n) is 6.70.